The van der Waals surface area contributed by atoms with E-state index in [1.807, 2.05) is 37.3 Å². The Kier molecular flexibility index (Phi) is 8.21. The summed E-state index contributed by atoms with van der Waals surface area (Å²) in [5.74, 6) is 0.875. The van der Waals surface area contributed by atoms with Crippen molar-refractivity contribution in [1.82, 2.24) is 15.3 Å². The molecule has 1 aliphatic rings. The third-order valence-corrected chi connectivity index (χ3v) is 5.47. The summed E-state index contributed by atoms with van der Waals surface area (Å²) < 4.78 is 41.3. The third-order valence-electron chi connectivity index (χ3n) is 5.47. The highest BCUT2D eigenvalue weighted by molar-refractivity contribution is 5.81. The maximum Gasteiger partial charge on any atom is 0.221 e. The van der Waals surface area contributed by atoms with Gasteiger partial charge in [0.05, 0.1) is 18.8 Å². The number of ether oxygens (including phenoxy) is 2. The second-order valence-corrected chi connectivity index (χ2v) is 7.76. The van der Waals surface area contributed by atoms with E-state index in [0.29, 0.717) is 23.5 Å². The molecule has 0 fully saturated rings. The lowest BCUT2D eigenvalue weighted by Crippen LogP contribution is -2.46. The molecule has 0 spiro atoms. The Labute approximate surface area is 192 Å². The lowest BCUT2D eigenvalue weighted by Gasteiger charge is -2.40. The van der Waals surface area contributed by atoms with Gasteiger partial charge in [-0.15, -0.1) is 0 Å². The monoisotopic (exact) mass is 459 g/mol. The van der Waals surface area contributed by atoms with Crippen LogP contribution in [0.5, 0.6) is 0 Å². The average molecular weight is 460 g/mol. The van der Waals surface area contributed by atoms with Crippen LogP contribution in [0.4, 0.5) is 20.5 Å². The number of rotatable bonds is 11. The lowest BCUT2D eigenvalue weighted by atomic mass is 9.71. The summed E-state index contributed by atoms with van der Waals surface area (Å²) in [5.41, 5.74) is 12.4. The summed E-state index contributed by atoms with van der Waals surface area (Å²) in [6.07, 6.45) is 1.81. The molecule has 2 unspecified atom stereocenters. The number of allylic oxidation sites excluding steroid dienone is 2. The van der Waals surface area contributed by atoms with E-state index in [4.69, 9.17) is 20.9 Å². The van der Waals surface area contributed by atoms with E-state index in [2.05, 4.69) is 15.3 Å². The number of hydrogen-bond acceptors (Lipinski definition) is 7. The number of alkyl halides is 2. The largest absolute Gasteiger partial charge is 0.494 e. The van der Waals surface area contributed by atoms with Crippen molar-refractivity contribution in [2.75, 3.05) is 44.4 Å². The topological polar surface area (TPSA) is 108 Å². The zero-order valence-electron chi connectivity index (χ0n) is 19.0. The van der Waals surface area contributed by atoms with Crippen LogP contribution in [0.1, 0.15) is 25.0 Å². The summed E-state index contributed by atoms with van der Waals surface area (Å²) in [4.78, 5) is 8.03. The van der Waals surface area contributed by atoms with E-state index >= 15 is 4.39 Å². The van der Waals surface area contributed by atoms with Crippen molar-refractivity contribution in [2.45, 2.75) is 26.4 Å². The van der Waals surface area contributed by atoms with Crippen molar-refractivity contribution in [3.05, 3.63) is 65.2 Å². The molecule has 1 aliphatic carbocycles. The molecular weight excluding hydrogens is 428 g/mol. The minimum Gasteiger partial charge on any atom is -0.494 e. The Morgan fingerprint density at radius 1 is 1.12 bits per heavy atom. The SMILES string of the molecule is CCOC1=CC(CNCCF)(Cc2cnc(N)nc2N)C(F)C(OCC)=C1c1ccccc1. The predicted molar refractivity (Wildman–Crippen MR) is 125 cm³/mol. The van der Waals surface area contributed by atoms with Crippen LogP contribution in [0.2, 0.25) is 0 Å². The fourth-order valence-corrected chi connectivity index (χ4v) is 4.03. The number of anilines is 2. The van der Waals surface area contributed by atoms with Gasteiger partial charge >= 0.3 is 0 Å². The first-order valence-corrected chi connectivity index (χ1v) is 11.0. The summed E-state index contributed by atoms with van der Waals surface area (Å²) in [5, 5.41) is 3.01. The van der Waals surface area contributed by atoms with Crippen molar-refractivity contribution < 1.29 is 18.3 Å². The van der Waals surface area contributed by atoms with Crippen molar-refractivity contribution in [1.29, 1.82) is 0 Å². The van der Waals surface area contributed by atoms with Crippen molar-refractivity contribution in [2.24, 2.45) is 5.41 Å². The molecule has 3 rings (SSSR count). The molecule has 0 amide bonds. The summed E-state index contributed by atoms with van der Waals surface area (Å²) in [7, 11) is 0. The van der Waals surface area contributed by atoms with Gasteiger partial charge in [-0.2, -0.15) is 4.98 Å². The molecule has 2 aromatic rings. The number of nitrogens with zero attached hydrogens (tertiary/aromatic N) is 2. The number of nitrogens with two attached hydrogens (primary N) is 2. The van der Waals surface area contributed by atoms with E-state index in [1.165, 1.54) is 6.20 Å². The highest BCUT2D eigenvalue weighted by Gasteiger charge is 2.47. The Morgan fingerprint density at radius 3 is 2.48 bits per heavy atom. The zero-order chi connectivity index (χ0) is 23.8. The first-order valence-electron chi connectivity index (χ1n) is 11.0. The van der Waals surface area contributed by atoms with Crippen molar-refractivity contribution >= 4 is 17.3 Å². The fourth-order valence-electron chi connectivity index (χ4n) is 4.03. The van der Waals surface area contributed by atoms with Gasteiger partial charge in [-0.1, -0.05) is 30.3 Å². The van der Waals surface area contributed by atoms with Crippen molar-refractivity contribution in [3.63, 3.8) is 0 Å². The van der Waals surface area contributed by atoms with Gasteiger partial charge in [0.25, 0.3) is 0 Å². The molecule has 7 nitrogen and oxygen atoms in total. The van der Waals surface area contributed by atoms with Crippen LogP contribution in [0, 0.1) is 5.41 Å². The number of nitrogen functional groups attached to an aromatic ring is 2. The Bertz CT molecular complexity index is 1000. The van der Waals surface area contributed by atoms with E-state index in [0.717, 1.165) is 5.56 Å². The van der Waals surface area contributed by atoms with Crippen LogP contribution in [-0.2, 0) is 15.9 Å². The summed E-state index contributed by atoms with van der Waals surface area (Å²) >= 11 is 0. The van der Waals surface area contributed by atoms with Gasteiger partial charge in [-0.25, -0.2) is 13.8 Å². The number of hydrogen-bond donors (Lipinski definition) is 3. The molecule has 0 bridgehead atoms. The molecule has 1 aromatic heterocycles. The molecular formula is C24H31F2N5O2. The van der Waals surface area contributed by atoms with E-state index < -0.39 is 18.3 Å². The third kappa shape index (κ3) is 5.42. The van der Waals surface area contributed by atoms with Crippen LogP contribution in [0.25, 0.3) is 5.57 Å². The molecule has 0 aliphatic heterocycles. The second kappa shape index (κ2) is 11.1. The smallest absolute Gasteiger partial charge is 0.221 e. The molecule has 2 atom stereocenters. The highest BCUT2D eigenvalue weighted by Crippen LogP contribution is 2.46. The number of benzene rings is 1. The van der Waals surface area contributed by atoms with Gasteiger partial charge in [0.2, 0.25) is 5.95 Å². The molecule has 178 valence electrons. The average Bonchev–Trinajstić information content (AvgIpc) is 2.80. The van der Waals surface area contributed by atoms with E-state index in [9.17, 15) is 4.39 Å². The van der Waals surface area contributed by atoms with Gasteiger partial charge in [-0.3, -0.25) is 0 Å². The highest BCUT2D eigenvalue weighted by atomic mass is 19.1. The molecule has 1 heterocycles. The lowest BCUT2D eigenvalue weighted by molar-refractivity contribution is 0.0856. The van der Waals surface area contributed by atoms with E-state index in [-0.39, 0.29) is 43.6 Å². The quantitative estimate of drug-likeness (QED) is 0.442. The molecule has 1 aromatic carbocycles. The second-order valence-electron chi connectivity index (χ2n) is 7.76. The Morgan fingerprint density at radius 2 is 1.85 bits per heavy atom. The van der Waals surface area contributed by atoms with Crippen LogP contribution in [0.15, 0.2) is 54.1 Å². The molecule has 5 N–H and O–H groups in total. The first-order chi connectivity index (χ1) is 16.0. The maximum absolute atomic E-state index is 16.5. The number of aromatic nitrogens is 2. The molecule has 0 saturated heterocycles. The minimum absolute atomic E-state index is 0.0353. The van der Waals surface area contributed by atoms with Gasteiger partial charge in [0, 0.05) is 30.3 Å². The summed E-state index contributed by atoms with van der Waals surface area (Å²) in [6, 6.07) is 9.40. The number of halogens is 2. The Hall–Kier alpha value is -3.20. The van der Waals surface area contributed by atoms with Crippen LogP contribution in [0.3, 0.4) is 0 Å². The molecule has 0 saturated carbocycles. The zero-order valence-corrected chi connectivity index (χ0v) is 19.0. The summed E-state index contributed by atoms with van der Waals surface area (Å²) in [6.45, 7) is 3.93. The normalized spacial score (nSPS) is 20.5. The van der Waals surface area contributed by atoms with Gasteiger partial charge in [0.1, 0.15) is 24.0 Å². The fraction of sp³-hybridized carbons (Fsp3) is 0.417. The maximum atomic E-state index is 16.5. The molecule has 0 radical (unpaired) electrons. The Balaban J connectivity index is 2.16. The first kappa shape index (κ1) is 24.4. The molecule has 9 heteroatoms. The van der Waals surface area contributed by atoms with Crippen LogP contribution >= 0.6 is 0 Å². The minimum atomic E-state index is -1.57. The van der Waals surface area contributed by atoms with E-state index in [1.54, 1.807) is 13.0 Å². The standard InChI is InChI=1S/C24H31F2N5O2/c1-3-32-18-13-24(15-29-11-10-25,12-17-14-30-23(28)31-22(17)27)21(26)20(33-4-2)19(18)16-8-6-5-7-9-16/h5-9,13-14,21,29H,3-4,10-12,15H2,1-2H3,(H4,27,28,30,31). The molecule has 33 heavy (non-hydrogen) atoms. The van der Waals surface area contributed by atoms with Crippen LogP contribution in [-0.4, -0.2) is 49.1 Å². The van der Waals surface area contributed by atoms with Gasteiger partial charge < -0.3 is 26.3 Å². The van der Waals surface area contributed by atoms with Crippen molar-refractivity contribution in [3.8, 4) is 0 Å². The number of nitrogens with one attached hydrogen (secondary N) is 1. The van der Waals surface area contributed by atoms with Gasteiger partial charge in [0.15, 0.2) is 6.17 Å². The van der Waals surface area contributed by atoms with Crippen LogP contribution < -0.4 is 16.8 Å². The van der Waals surface area contributed by atoms with Gasteiger partial charge in [-0.05, 0) is 31.9 Å². The predicted octanol–water partition coefficient (Wildman–Crippen LogP) is 3.45.